The lowest BCUT2D eigenvalue weighted by Gasteiger charge is -2.22. The van der Waals surface area contributed by atoms with Crippen molar-refractivity contribution in [3.8, 4) is 0 Å². The lowest BCUT2D eigenvalue weighted by Crippen LogP contribution is -2.43. The first-order chi connectivity index (χ1) is 10.1. The van der Waals surface area contributed by atoms with E-state index in [0.717, 1.165) is 41.7 Å². The highest BCUT2D eigenvalue weighted by Gasteiger charge is 2.15. The molecule has 1 heterocycles. The summed E-state index contributed by atoms with van der Waals surface area (Å²) in [7, 11) is 0. The summed E-state index contributed by atoms with van der Waals surface area (Å²) in [5, 5.41) is 10.5. The number of carbonyl (C=O) groups excluding carboxylic acids is 1. The van der Waals surface area contributed by atoms with Crippen LogP contribution in [0.3, 0.4) is 0 Å². The second-order valence-corrected chi connectivity index (χ2v) is 6.59. The van der Waals surface area contributed by atoms with Crippen LogP contribution in [-0.4, -0.2) is 28.4 Å². The van der Waals surface area contributed by atoms with E-state index in [2.05, 4.69) is 31.7 Å². The number of urea groups is 1. The summed E-state index contributed by atoms with van der Waals surface area (Å²) in [4.78, 5) is 11.8. The van der Waals surface area contributed by atoms with Gasteiger partial charge in [-0.25, -0.2) is 4.79 Å². The van der Waals surface area contributed by atoms with Crippen molar-refractivity contribution in [3.63, 3.8) is 0 Å². The van der Waals surface area contributed by atoms with Gasteiger partial charge in [0.15, 0.2) is 0 Å². The molecule has 1 saturated carbocycles. The molecular weight excluding hydrogens is 332 g/mol. The number of aryl methyl sites for hydroxylation is 2. The minimum atomic E-state index is -0.0311. The first-order valence-electron chi connectivity index (χ1n) is 7.82. The van der Waals surface area contributed by atoms with Gasteiger partial charge in [0.25, 0.3) is 0 Å². The van der Waals surface area contributed by atoms with Crippen molar-refractivity contribution in [1.29, 1.82) is 0 Å². The Kier molecular flexibility index (Phi) is 6.08. The number of carbonyl (C=O) groups is 1. The molecule has 2 rings (SSSR count). The Hall–Kier alpha value is -1.04. The van der Waals surface area contributed by atoms with Gasteiger partial charge in [0.05, 0.1) is 10.2 Å². The van der Waals surface area contributed by atoms with Crippen molar-refractivity contribution in [3.05, 3.63) is 15.9 Å². The maximum absolute atomic E-state index is 11.8. The van der Waals surface area contributed by atoms with Gasteiger partial charge in [0.2, 0.25) is 0 Å². The zero-order valence-corrected chi connectivity index (χ0v) is 14.5. The summed E-state index contributed by atoms with van der Waals surface area (Å²) in [6.07, 6.45) is 6.89. The molecule has 0 unspecified atom stereocenters. The molecule has 6 heteroatoms. The summed E-state index contributed by atoms with van der Waals surface area (Å²) >= 11 is 3.52. The molecule has 0 bridgehead atoms. The van der Waals surface area contributed by atoms with Crippen LogP contribution >= 0.6 is 15.9 Å². The Balaban J connectivity index is 1.64. The molecule has 0 aliphatic heterocycles. The quantitative estimate of drug-likeness (QED) is 0.795. The molecule has 5 nitrogen and oxygen atoms in total. The number of rotatable bonds is 5. The van der Waals surface area contributed by atoms with Crippen molar-refractivity contribution in [2.75, 3.05) is 6.54 Å². The molecule has 2 amide bonds. The third-order valence-corrected chi connectivity index (χ3v) is 5.21. The van der Waals surface area contributed by atoms with Gasteiger partial charge in [-0.05, 0) is 49.0 Å². The average molecular weight is 357 g/mol. The third kappa shape index (κ3) is 4.73. The normalized spacial score (nSPS) is 16.0. The predicted molar refractivity (Wildman–Crippen MR) is 87.4 cm³/mol. The molecule has 1 fully saturated rings. The van der Waals surface area contributed by atoms with Crippen LogP contribution in [0.25, 0.3) is 0 Å². The fourth-order valence-corrected chi connectivity index (χ4v) is 3.09. The van der Waals surface area contributed by atoms with E-state index in [1.165, 1.54) is 19.3 Å². The van der Waals surface area contributed by atoms with E-state index in [4.69, 9.17) is 0 Å². The smallest absolute Gasteiger partial charge is 0.315 e. The molecule has 0 saturated heterocycles. The topological polar surface area (TPSA) is 59.0 Å². The van der Waals surface area contributed by atoms with Crippen molar-refractivity contribution in [2.45, 2.75) is 65.0 Å². The van der Waals surface area contributed by atoms with E-state index >= 15 is 0 Å². The SMILES string of the molecule is Cc1nn(CCCNC(=O)NC2CCCCC2)c(C)c1Br. The molecule has 1 aliphatic carbocycles. The Morgan fingerprint density at radius 2 is 2.05 bits per heavy atom. The highest BCUT2D eigenvalue weighted by atomic mass is 79.9. The van der Waals surface area contributed by atoms with Crippen molar-refractivity contribution in [1.82, 2.24) is 20.4 Å². The highest BCUT2D eigenvalue weighted by Crippen LogP contribution is 2.19. The lowest BCUT2D eigenvalue weighted by molar-refractivity contribution is 0.232. The molecule has 118 valence electrons. The van der Waals surface area contributed by atoms with E-state index in [1.807, 2.05) is 18.5 Å². The largest absolute Gasteiger partial charge is 0.338 e. The van der Waals surface area contributed by atoms with Crippen LogP contribution in [0.5, 0.6) is 0 Å². The number of nitrogens with one attached hydrogen (secondary N) is 2. The maximum Gasteiger partial charge on any atom is 0.315 e. The second kappa shape index (κ2) is 7.82. The summed E-state index contributed by atoms with van der Waals surface area (Å²) in [6.45, 7) is 5.53. The lowest BCUT2D eigenvalue weighted by atomic mass is 9.96. The molecule has 0 atom stereocenters. The number of aromatic nitrogens is 2. The Morgan fingerprint density at radius 3 is 2.67 bits per heavy atom. The van der Waals surface area contributed by atoms with E-state index in [0.29, 0.717) is 12.6 Å². The number of hydrogen-bond acceptors (Lipinski definition) is 2. The average Bonchev–Trinajstić information content (AvgIpc) is 2.72. The van der Waals surface area contributed by atoms with Crippen LogP contribution in [0, 0.1) is 13.8 Å². The van der Waals surface area contributed by atoms with Crippen molar-refractivity contribution >= 4 is 22.0 Å². The Morgan fingerprint density at radius 1 is 1.33 bits per heavy atom. The van der Waals surface area contributed by atoms with Crippen LogP contribution in [0.4, 0.5) is 4.79 Å². The van der Waals surface area contributed by atoms with Crippen LogP contribution in [-0.2, 0) is 6.54 Å². The summed E-state index contributed by atoms with van der Waals surface area (Å²) in [6, 6.07) is 0.335. The monoisotopic (exact) mass is 356 g/mol. The first-order valence-corrected chi connectivity index (χ1v) is 8.61. The fourth-order valence-electron chi connectivity index (χ4n) is 2.81. The van der Waals surface area contributed by atoms with Gasteiger partial charge in [-0.1, -0.05) is 19.3 Å². The number of amides is 2. The van der Waals surface area contributed by atoms with Gasteiger partial charge in [0.1, 0.15) is 0 Å². The third-order valence-electron chi connectivity index (χ3n) is 4.07. The molecule has 21 heavy (non-hydrogen) atoms. The molecule has 2 N–H and O–H groups in total. The molecule has 1 aliphatic rings. The molecule has 0 spiro atoms. The summed E-state index contributed by atoms with van der Waals surface area (Å²) in [5.74, 6) is 0. The van der Waals surface area contributed by atoms with Gasteiger partial charge >= 0.3 is 6.03 Å². The fraction of sp³-hybridized carbons (Fsp3) is 0.733. The van der Waals surface area contributed by atoms with Gasteiger partial charge in [-0.15, -0.1) is 0 Å². The maximum atomic E-state index is 11.8. The Bertz CT molecular complexity index is 480. The zero-order chi connectivity index (χ0) is 15.2. The van der Waals surface area contributed by atoms with E-state index in [9.17, 15) is 4.79 Å². The molecule has 0 aromatic carbocycles. The number of halogens is 1. The minimum absolute atomic E-state index is 0.0311. The standard InChI is InChI=1S/C15H25BrN4O/c1-11-14(16)12(2)20(19-11)10-6-9-17-15(21)18-13-7-4-3-5-8-13/h13H,3-10H2,1-2H3,(H2,17,18,21). The first kappa shape index (κ1) is 16.3. The van der Waals surface area contributed by atoms with Crippen LogP contribution in [0.1, 0.15) is 49.9 Å². The zero-order valence-electron chi connectivity index (χ0n) is 12.9. The van der Waals surface area contributed by atoms with Crippen LogP contribution < -0.4 is 10.6 Å². The van der Waals surface area contributed by atoms with E-state index < -0.39 is 0 Å². The van der Waals surface area contributed by atoms with Gasteiger partial charge < -0.3 is 10.6 Å². The van der Waals surface area contributed by atoms with Crippen LogP contribution in [0.15, 0.2) is 4.47 Å². The second-order valence-electron chi connectivity index (χ2n) is 5.80. The van der Waals surface area contributed by atoms with E-state index in [-0.39, 0.29) is 6.03 Å². The number of nitrogens with zero attached hydrogens (tertiary/aromatic N) is 2. The number of hydrogen-bond donors (Lipinski definition) is 2. The summed E-state index contributed by atoms with van der Waals surface area (Å²) in [5.41, 5.74) is 2.15. The molecule has 1 aromatic rings. The molecular formula is C15H25BrN4O. The Labute approximate surface area is 135 Å². The highest BCUT2D eigenvalue weighted by molar-refractivity contribution is 9.10. The van der Waals surface area contributed by atoms with Crippen molar-refractivity contribution in [2.24, 2.45) is 0 Å². The summed E-state index contributed by atoms with van der Waals surface area (Å²) < 4.78 is 3.06. The molecule has 1 aromatic heterocycles. The minimum Gasteiger partial charge on any atom is -0.338 e. The molecule has 0 radical (unpaired) electrons. The predicted octanol–water partition coefficient (Wildman–Crippen LogP) is 3.28. The van der Waals surface area contributed by atoms with Gasteiger partial charge in [-0.3, -0.25) is 4.68 Å². The van der Waals surface area contributed by atoms with Crippen LogP contribution in [0.2, 0.25) is 0 Å². The van der Waals surface area contributed by atoms with Gasteiger partial charge in [0, 0.05) is 24.8 Å². The van der Waals surface area contributed by atoms with E-state index in [1.54, 1.807) is 0 Å². The van der Waals surface area contributed by atoms with Gasteiger partial charge in [-0.2, -0.15) is 5.10 Å². The van der Waals surface area contributed by atoms with Crippen molar-refractivity contribution < 1.29 is 4.79 Å².